The number of amides is 2. The van der Waals surface area contributed by atoms with Gasteiger partial charge in [0, 0.05) is 16.8 Å². The SMILES string of the molecule is CCc1ccc(NC(=O)NC2=CC(=O)OC2C)cc1Cl. The molecule has 0 spiro atoms. The molecule has 1 atom stereocenters. The Morgan fingerprint density at radius 2 is 2.15 bits per heavy atom. The summed E-state index contributed by atoms with van der Waals surface area (Å²) < 4.78 is 4.88. The lowest BCUT2D eigenvalue weighted by molar-refractivity contribution is -0.138. The van der Waals surface area contributed by atoms with Crippen LogP contribution in [-0.4, -0.2) is 18.1 Å². The van der Waals surface area contributed by atoms with Gasteiger partial charge in [0.15, 0.2) is 0 Å². The number of urea groups is 1. The van der Waals surface area contributed by atoms with Gasteiger partial charge in [-0.15, -0.1) is 0 Å². The molecule has 0 bridgehead atoms. The van der Waals surface area contributed by atoms with Gasteiger partial charge in [0.2, 0.25) is 0 Å². The van der Waals surface area contributed by atoms with Crippen LogP contribution in [0.4, 0.5) is 10.5 Å². The fourth-order valence-corrected chi connectivity index (χ4v) is 2.17. The van der Waals surface area contributed by atoms with Crippen LogP contribution in [0.15, 0.2) is 30.0 Å². The molecule has 1 aromatic rings. The quantitative estimate of drug-likeness (QED) is 0.842. The molecule has 0 fully saturated rings. The highest BCUT2D eigenvalue weighted by Gasteiger charge is 2.23. The van der Waals surface area contributed by atoms with Crippen LogP contribution in [0.5, 0.6) is 0 Å². The van der Waals surface area contributed by atoms with Gasteiger partial charge in [0.25, 0.3) is 0 Å². The zero-order chi connectivity index (χ0) is 14.7. The van der Waals surface area contributed by atoms with Crippen molar-refractivity contribution in [1.82, 2.24) is 5.32 Å². The number of carbonyl (C=O) groups is 2. The summed E-state index contributed by atoms with van der Waals surface area (Å²) in [6.07, 6.45) is 1.64. The topological polar surface area (TPSA) is 67.4 Å². The molecule has 2 N–H and O–H groups in total. The number of hydrogen-bond acceptors (Lipinski definition) is 3. The van der Waals surface area contributed by atoms with E-state index in [4.69, 9.17) is 16.3 Å². The molecule has 0 saturated heterocycles. The molecule has 20 heavy (non-hydrogen) atoms. The first-order chi connectivity index (χ1) is 9.49. The highest BCUT2D eigenvalue weighted by atomic mass is 35.5. The molecule has 2 rings (SSSR count). The normalized spacial score (nSPS) is 17.4. The summed E-state index contributed by atoms with van der Waals surface area (Å²) in [5.41, 5.74) is 2.04. The maximum atomic E-state index is 11.8. The molecule has 0 radical (unpaired) electrons. The number of nitrogens with one attached hydrogen (secondary N) is 2. The molecule has 2 amide bonds. The molecular weight excluding hydrogens is 280 g/mol. The van der Waals surface area contributed by atoms with E-state index in [1.807, 2.05) is 13.0 Å². The maximum absolute atomic E-state index is 11.8. The van der Waals surface area contributed by atoms with Gasteiger partial charge in [-0.05, 0) is 31.0 Å². The Bertz CT molecular complexity index is 584. The minimum atomic E-state index is -0.455. The Morgan fingerprint density at radius 3 is 2.70 bits per heavy atom. The first-order valence-electron chi connectivity index (χ1n) is 6.28. The van der Waals surface area contributed by atoms with Gasteiger partial charge in [-0.3, -0.25) is 0 Å². The lowest BCUT2D eigenvalue weighted by Gasteiger charge is -2.12. The first-order valence-corrected chi connectivity index (χ1v) is 6.66. The molecule has 0 saturated carbocycles. The summed E-state index contributed by atoms with van der Waals surface area (Å²) in [7, 11) is 0. The summed E-state index contributed by atoms with van der Waals surface area (Å²) >= 11 is 6.08. The molecule has 1 aromatic carbocycles. The minimum absolute atomic E-state index is 0.434. The second kappa shape index (κ2) is 5.96. The highest BCUT2D eigenvalue weighted by molar-refractivity contribution is 6.31. The number of carbonyl (C=O) groups excluding carboxylic acids is 2. The highest BCUT2D eigenvalue weighted by Crippen LogP contribution is 2.21. The fourth-order valence-electron chi connectivity index (χ4n) is 1.86. The van der Waals surface area contributed by atoms with Crippen LogP contribution in [-0.2, 0) is 16.0 Å². The van der Waals surface area contributed by atoms with Gasteiger partial charge < -0.3 is 15.4 Å². The summed E-state index contributed by atoms with van der Waals surface area (Å²) in [6.45, 7) is 3.69. The number of hydrogen-bond donors (Lipinski definition) is 2. The van der Waals surface area contributed by atoms with E-state index in [1.54, 1.807) is 19.1 Å². The Hall–Kier alpha value is -2.01. The van der Waals surface area contributed by atoms with Gasteiger partial charge in [0.1, 0.15) is 6.10 Å². The Morgan fingerprint density at radius 1 is 1.40 bits per heavy atom. The van der Waals surface area contributed by atoms with Gasteiger partial charge in [-0.2, -0.15) is 0 Å². The molecule has 1 unspecified atom stereocenters. The van der Waals surface area contributed by atoms with Crippen LogP contribution in [0.25, 0.3) is 0 Å². The van der Waals surface area contributed by atoms with E-state index in [0.29, 0.717) is 16.4 Å². The van der Waals surface area contributed by atoms with Crippen LogP contribution >= 0.6 is 11.6 Å². The van der Waals surface area contributed by atoms with Crippen LogP contribution in [0.3, 0.4) is 0 Å². The van der Waals surface area contributed by atoms with Crippen molar-refractivity contribution in [3.63, 3.8) is 0 Å². The maximum Gasteiger partial charge on any atom is 0.333 e. The smallest absolute Gasteiger partial charge is 0.333 e. The van der Waals surface area contributed by atoms with Crippen molar-refractivity contribution < 1.29 is 14.3 Å². The van der Waals surface area contributed by atoms with E-state index in [-0.39, 0.29) is 0 Å². The third-order valence-electron chi connectivity index (χ3n) is 2.95. The van der Waals surface area contributed by atoms with Gasteiger partial charge >= 0.3 is 12.0 Å². The van der Waals surface area contributed by atoms with E-state index < -0.39 is 18.1 Å². The molecule has 6 heteroatoms. The van der Waals surface area contributed by atoms with Crippen molar-refractivity contribution in [2.24, 2.45) is 0 Å². The predicted octanol–water partition coefficient (Wildman–Crippen LogP) is 2.85. The number of rotatable bonds is 3. The zero-order valence-corrected chi connectivity index (χ0v) is 12.0. The van der Waals surface area contributed by atoms with Crippen LogP contribution < -0.4 is 10.6 Å². The average Bonchev–Trinajstić information content (AvgIpc) is 2.68. The van der Waals surface area contributed by atoms with Crippen LogP contribution in [0.1, 0.15) is 19.4 Å². The Balaban J connectivity index is 2.00. The van der Waals surface area contributed by atoms with Crippen LogP contribution in [0.2, 0.25) is 5.02 Å². The van der Waals surface area contributed by atoms with Gasteiger partial charge in [-0.1, -0.05) is 24.6 Å². The van der Waals surface area contributed by atoms with Crippen LogP contribution in [0, 0.1) is 0 Å². The minimum Gasteiger partial charge on any atom is -0.453 e. The number of ether oxygens (including phenoxy) is 1. The number of esters is 1. The van der Waals surface area contributed by atoms with E-state index in [1.165, 1.54) is 6.08 Å². The van der Waals surface area contributed by atoms with Crippen molar-refractivity contribution in [2.45, 2.75) is 26.4 Å². The number of benzene rings is 1. The number of aryl methyl sites for hydroxylation is 1. The number of anilines is 1. The Labute approximate surface area is 121 Å². The second-order valence-electron chi connectivity index (χ2n) is 4.42. The van der Waals surface area contributed by atoms with Crippen molar-refractivity contribution in [2.75, 3.05) is 5.32 Å². The third kappa shape index (κ3) is 3.30. The Kier molecular flexibility index (Phi) is 4.29. The fraction of sp³-hybridized carbons (Fsp3) is 0.286. The predicted molar refractivity (Wildman–Crippen MR) is 76.6 cm³/mol. The summed E-state index contributed by atoms with van der Waals surface area (Å²) in [6, 6.07) is 4.89. The van der Waals surface area contributed by atoms with Crippen molar-refractivity contribution >= 4 is 29.3 Å². The second-order valence-corrected chi connectivity index (χ2v) is 4.82. The van der Waals surface area contributed by atoms with Crippen molar-refractivity contribution in [3.05, 3.63) is 40.6 Å². The van der Waals surface area contributed by atoms with Crippen molar-refractivity contribution in [1.29, 1.82) is 0 Å². The summed E-state index contributed by atoms with van der Waals surface area (Å²) in [4.78, 5) is 22.8. The summed E-state index contributed by atoms with van der Waals surface area (Å²) in [5.74, 6) is -0.455. The average molecular weight is 295 g/mol. The number of cyclic esters (lactones) is 1. The van der Waals surface area contributed by atoms with E-state index in [2.05, 4.69) is 10.6 Å². The van der Waals surface area contributed by atoms with E-state index >= 15 is 0 Å². The first kappa shape index (κ1) is 14.4. The molecular formula is C14H15ClN2O3. The lowest BCUT2D eigenvalue weighted by Crippen LogP contribution is -2.31. The molecule has 5 nitrogen and oxygen atoms in total. The van der Waals surface area contributed by atoms with Gasteiger partial charge in [-0.25, -0.2) is 9.59 Å². The molecule has 1 aliphatic heterocycles. The monoisotopic (exact) mass is 294 g/mol. The zero-order valence-electron chi connectivity index (χ0n) is 11.2. The molecule has 1 heterocycles. The molecule has 0 aromatic heterocycles. The largest absolute Gasteiger partial charge is 0.453 e. The van der Waals surface area contributed by atoms with E-state index in [0.717, 1.165) is 12.0 Å². The third-order valence-corrected chi connectivity index (χ3v) is 3.31. The van der Waals surface area contributed by atoms with E-state index in [9.17, 15) is 9.59 Å². The standard InChI is InChI=1S/C14H15ClN2O3/c1-3-9-4-5-10(6-11(9)15)16-14(19)17-12-7-13(18)20-8(12)2/h4-8H,3H2,1-2H3,(H2,16,17,19). The molecule has 106 valence electrons. The van der Waals surface area contributed by atoms with Crippen molar-refractivity contribution in [3.8, 4) is 0 Å². The molecule has 0 aliphatic carbocycles. The number of halogens is 1. The summed E-state index contributed by atoms with van der Waals surface area (Å²) in [5, 5.41) is 5.84. The lowest BCUT2D eigenvalue weighted by atomic mass is 10.1. The molecule has 1 aliphatic rings. The van der Waals surface area contributed by atoms with Gasteiger partial charge in [0.05, 0.1) is 5.70 Å².